The highest BCUT2D eigenvalue weighted by molar-refractivity contribution is 6.02. The van der Waals surface area contributed by atoms with Crippen LogP contribution in [0.1, 0.15) is 23.3 Å². The number of anilines is 1. The number of aromatic nitrogens is 2. The SMILES string of the molecule is Cn1ncc(NC(=O)C2CC2)c1C(N)=O. The van der Waals surface area contributed by atoms with Crippen LogP contribution in [0, 0.1) is 5.92 Å². The molecule has 0 atom stereocenters. The van der Waals surface area contributed by atoms with Gasteiger partial charge in [0.05, 0.1) is 11.9 Å². The van der Waals surface area contributed by atoms with E-state index in [-0.39, 0.29) is 17.5 Å². The quantitative estimate of drug-likeness (QED) is 0.724. The van der Waals surface area contributed by atoms with E-state index in [1.165, 1.54) is 10.9 Å². The molecule has 3 N–H and O–H groups in total. The van der Waals surface area contributed by atoms with Crippen molar-refractivity contribution in [2.45, 2.75) is 12.8 Å². The van der Waals surface area contributed by atoms with Gasteiger partial charge in [-0.25, -0.2) is 0 Å². The lowest BCUT2D eigenvalue weighted by Gasteiger charge is -2.03. The van der Waals surface area contributed by atoms with E-state index in [0.717, 1.165) is 12.8 Å². The smallest absolute Gasteiger partial charge is 0.269 e. The Morgan fingerprint density at radius 3 is 2.80 bits per heavy atom. The minimum Gasteiger partial charge on any atom is -0.364 e. The number of amides is 2. The van der Waals surface area contributed by atoms with Crippen LogP contribution in [0.5, 0.6) is 0 Å². The zero-order valence-electron chi connectivity index (χ0n) is 8.36. The van der Waals surface area contributed by atoms with Gasteiger partial charge in [-0.15, -0.1) is 0 Å². The molecule has 0 aliphatic heterocycles. The van der Waals surface area contributed by atoms with E-state index in [9.17, 15) is 9.59 Å². The Balaban J connectivity index is 2.20. The molecular weight excluding hydrogens is 196 g/mol. The van der Waals surface area contributed by atoms with Crippen molar-refractivity contribution in [1.82, 2.24) is 9.78 Å². The number of nitrogens with zero attached hydrogens (tertiary/aromatic N) is 2. The number of aryl methyl sites for hydroxylation is 1. The molecule has 1 aromatic heterocycles. The van der Waals surface area contributed by atoms with Gasteiger partial charge in [0.15, 0.2) is 0 Å². The molecular formula is C9H12N4O2. The molecule has 0 unspecified atom stereocenters. The van der Waals surface area contributed by atoms with Gasteiger partial charge < -0.3 is 11.1 Å². The van der Waals surface area contributed by atoms with Crippen molar-refractivity contribution in [1.29, 1.82) is 0 Å². The predicted octanol–water partition coefficient (Wildman–Crippen LogP) is -0.133. The van der Waals surface area contributed by atoms with Crippen LogP contribution in [0.25, 0.3) is 0 Å². The van der Waals surface area contributed by atoms with E-state index in [0.29, 0.717) is 5.69 Å². The molecule has 1 saturated carbocycles. The lowest BCUT2D eigenvalue weighted by atomic mass is 10.3. The van der Waals surface area contributed by atoms with E-state index in [1.807, 2.05) is 0 Å². The van der Waals surface area contributed by atoms with E-state index >= 15 is 0 Å². The number of primary amides is 1. The molecule has 6 nitrogen and oxygen atoms in total. The first-order valence-corrected chi connectivity index (χ1v) is 4.72. The zero-order valence-corrected chi connectivity index (χ0v) is 8.36. The first-order chi connectivity index (χ1) is 7.09. The van der Waals surface area contributed by atoms with Crippen LogP contribution < -0.4 is 11.1 Å². The molecule has 0 bridgehead atoms. The Morgan fingerprint density at radius 1 is 1.60 bits per heavy atom. The highest BCUT2D eigenvalue weighted by atomic mass is 16.2. The highest BCUT2D eigenvalue weighted by Gasteiger charge is 2.30. The van der Waals surface area contributed by atoms with Crippen molar-refractivity contribution in [3.8, 4) is 0 Å². The van der Waals surface area contributed by atoms with Crippen LogP contribution in [-0.4, -0.2) is 21.6 Å². The average molecular weight is 208 g/mol. The fraction of sp³-hybridized carbons (Fsp3) is 0.444. The van der Waals surface area contributed by atoms with Crippen molar-refractivity contribution >= 4 is 17.5 Å². The van der Waals surface area contributed by atoms with Gasteiger partial charge in [-0.2, -0.15) is 5.10 Å². The Morgan fingerprint density at radius 2 is 2.27 bits per heavy atom. The largest absolute Gasteiger partial charge is 0.364 e. The van der Waals surface area contributed by atoms with Crippen molar-refractivity contribution in [2.24, 2.45) is 18.7 Å². The molecule has 1 heterocycles. The highest BCUT2D eigenvalue weighted by Crippen LogP contribution is 2.30. The Kier molecular flexibility index (Phi) is 2.18. The molecule has 1 aliphatic rings. The molecule has 6 heteroatoms. The molecule has 0 spiro atoms. The summed E-state index contributed by atoms with van der Waals surface area (Å²) in [6.07, 6.45) is 3.26. The summed E-state index contributed by atoms with van der Waals surface area (Å²) in [5.74, 6) is -0.572. The molecule has 1 fully saturated rings. The van der Waals surface area contributed by atoms with E-state index < -0.39 is 5.91 Å². The molecule has 15 heavy (non-hydrogen) atoms. The predicted molar refractivity (Wildman–Crippen MR) is 53.1 cm³/mol. The van der Waals surface area contributed by atoms with E-state index in [1.54, 1.807) is 7.05 Å². The number of carbonyl (C=O) groups excluding carboxylic acids is 2. The van der Waals surface area contributed by atoms with Gasteiger partial charge in [0.1, 0.15) is 5.69 Å². The van der Waals surface area contributed by atoms with Gasteiger partial charge in [0.25, 0.3) is 5.91 Å². The summed E-state index contributed by atoms with van der Waals surface area (Å²) in [5, 5.41) is 6.52. The van der Waals surface area contributed by atoms with Gasteiger partial charge in [-0.05, 0) is 12.8 Å². The topological polar surface area (TPSA) is 90.0 Å². The maximum atomic E-state index is 11.5. The molecule has 1 aromatic rings. The number of rotatable bonds is 3. The second kappa shape index (κ2) is 3.38. The second-order valence-corrected chi connectivity index (χ2v) is 3.66. The second-order valence-electron chi connectivity index (χ2n) is 3.66. The fourth-order valence-electron chi connectivity index (χ4n) is 1.40. The van der Waals surface area contributed by atoms with Crippen molar-refractivity contribution in [3.63, 3.8) is 0 Å². The fourth-order valence-corrected chi connectivity index (χ4v) is 1.40. The van der Waals surface area contributed by atoms with E-state index in [4.69, 9.17) is 5.73 Å². The summed E-state index contributed by atoms with van der Waals surface area (Å²) in [4.78, 5) is 22.5. The van der Waals surface area contributed by atoms with Crippen molar-refractivity contribution in [3.05, 3.63) is 11.9 Å². The monoisotopic (exact) mass is 208 g/mol. The van der Waals surface area contributed by atoms with Crippen LogP contribution in [0.2, 0.25) is 0 Å². The maximum absolute atomic E-state index is 11.5. The van der Waals surface area contributed by atoms with E-state index in [2.05, 4.69) is 10.4 Å². The summed E-state index contributed by atoms with van der Waals surface area (Å²) in [5.41, 5.74) is 5.79. The minimum absolute atomic E-state index is 0.0644. The Labute approximate surface area is 86.4 Å². The van der Waals surface area contributed by atoms with Gasteiger partial charge in [-0.3, -0.25) is 14.3 Å². The third kappa shape index (κ3) is 1.83. The number of hydrogen-bond donors (Lipinski definition) is 2. The normalized spacial score (nSPS) is 15.0. The summed E-state index contributed by atoms with van der Waals surface area (Å²) in [7, 11) is 1.60. The van der Waals surface area contributed by atoms with Gasteiger partial charge in [0.2, 0.25) is 5.91 Å². The number of nitrogens with two attached hydrogens (primary N) is 1. The van der Waals surface area contributed by atoms with Crippen molar-refractivity contribution < 1.29 is 9.59 Å². The standard InChI is InChI=1S/C9H12N4O2/c1-13-7(8(10)14)6(4-11-13)12-9(15)5-2-3-5/h4-5H,2-3H2,1H3,(H2,10,14)(H,12,15). The maximum Gasteiger partial charge on any atom is 0.269 e. The lowest BCUT2D eigenvalue weighted by Crippen LogP contribution is -2.20. The van der Waals surface area contributed by atoms with Crippen LogP contribution in [0.15, 0.2) is 6.20 Å². The van der Waals surface area contributed by atoms with Gasteiger partial charge >= 0.3 is 0 Å². The van der Waals surface area contributed by atoms with Crippen LogP contribution >= 0.6 is 0 Å². The number of hydrogen-bond acceptors (Lipinski definition) is 3. The Hall–Kier alpha value is -1.85. The minimum atomic E-state index is -0.596. The van der Waals surface area contributed by atoms with Crippen LogP contribution in [0.4, 0.5) is 5.69 Å². The summed E-state index contributed by atoms with van der Waals surface area (Å²) >= 11 is 0. The summed E-state index contributed by atoms with van der Waals surface area (Å²) < 4.78 is 1.35. The van der Waals surface area contributed by atoms with Crippen LogP contribution in [0.3, 0.4) is 0 Å². The molecule has 2 amide bonds. The van der Waals surface area contributed by atoms with Gasteiger partial charge in [0, 0.05) is 13.0 Å². The first-order valence-electron chi connectivity index (χ1n) is 4.72. The van der Waals surface area contributed by atoms with Gasteiger partial charge in [-0.1, -0.05) is 0 Å². The molecule has 0 saturated heterocycles. The molecule has 0 aromatic carbocycles. The zero-order chi connectivity index (χ0) is 11.0. The number of nitrogens with one attached hydrogen (secondary N) is 1. The first kappa shape index (κ1) is 9.70. The van der Waals surface area contributed by atoms with Crippen LogP contribution in [-0.2, 0) is 11.8 Å². The third-order valence-corrected chi connectivity index (χ3v) is 2.38. The Bertz CT molecular complexity index is 420. The third-order valence-electron chi connectivity index (χ3n) is 2.38. The molecule has 0 radical (unpaired) electrons. The molecule has 2 rings (SSSR count). The van der Waals surface area contributed by atoms with Crippen molar-refractivity contribution in [2.75, 3.05) is 5.32 Å². The molecule has 1 aliphatic carbocycles. The number of carbonyl (C=O) groups is 2. The lowest BCUT2D eigenvalue weighted by molar-refractivity contribution is -0.117. The average Bonchev–Trinajstić information content (AvgIpc) is 2.92. The molecule has 80 valence electrons. The summed E-state index contributed by atoms with van der Waals surface area (Å²) in [6.45, 7) is 0. The summed E-state index contributed by atoms with van der Waals surface area (Å²) in [6, 6.07) is 0.